The van der Waals surface area contributed by atoms with E-state index in [9.17, 15) is 22.8 Å². The molecular weight excluding hydrogens is 397 g/mol. The van der Waals surface area contributed by atoms with Crippen molar-refractivity contribution in [3.05, 3.63) is 70.3 Å². The van der Waals surface area contributed by atoms with E-state index in [0.29, 0.717) is 17.2 Å². The van der Waals surface area contributed by atoms with Crippen molar-refractivity contribution in [2.45, 2.75) is 6.18 Å². The highest BCUT2D eigenvalue weighted by Crippen LogP contribution is 2.33. The van der Waals surface area contributed by atoms with E-state index in [1.54, 1.807) is 24.3 Å². The smallest absolute Gasteiger partial charge is 0.416 e. The molecular formula is C19H12ClF3N2O3. The van der Waals surface area contributed by atoms with Crippen LogP contribution in [0, 0.1) is 11.3 Å². The van der Waals surface area contributed by atoms with Gasteiger partial charge in [0.15, 0.2) is 6.61 Å². The zero-order valence-corrected chi connectivity index (χ0v) is 14.8. The zero-order valence-electron chi connectivity index (χ0n) is 14.1. The van der Waals surface area contributed by atoms with Crippen LogP contribution in [-0.2, 0) is 20.5 Å². The summed E-state index contributed by atoms with van der Waals surface area (Å²) in [6.45, 7) is -0.705. The quantitative estimate of drug-likeness (QED) is 0.586. The first kappa shape index (κ1) is 21.0. The van der Waals surface area contributed by atoms with Crippen LogP contribution in [0.1, 0.15) is 16.7 Å². The van der Waals surface area contributed by atoms with Crippen LogP contribution in [0.3, 0.4) is 0 Å². The first-order valence-corrected chi connectivity index (χ1v) is 8.08. The van der Waals surface area contributed by atoms with E-state index in [-0.39, 0.29) is 10.7 Å². The summed E-state index contributed by atoms with van der Waals surface area (Å²) in [7, 11) is 0. The van der Waals surface area contributed by atoms with Gasteiger partial charge in [0.1, 0.15) is 0 Å². The highest BCUT2D eigenvalue weighted by molar-refractivity contribution is 6.33. The lowest BCUT2D eigenvalue weighted by molar-refractivity contribution is -0.142. The van der Waals surface area contributed by atoms with Gasteiger partial charge in [0.05, 0.1) is 27.9 Å². The van der Waals surface area contributed by atoms with Crippen LogP contribution in [-0.4, -0.2) is 18.5 Å². The molecule has 2 aromatic rings. The highest BCUT2D eigenvalue weighted by Gasteiger charge is 2.31. The Kier molecular flexibility index (Phi) is 6.79. The van der Waals surface area contributed by atoms with Gasteiger partial charge in [0.25, 0.3) is 5.91 Å². The molecule has 144 valence electrons. The summed E-state index contributed by atoms with van der Waals surface area (Å²) in [5, 5.41) is 10.8. The molecule has 0 atom stereocenters. The first-order chi connectivity index (χ1) is 13.2. The molecule has 0 aliphatic heterocycles. The monoisotopic (exact) mass is 408 g/mol. The fourth-order valence-electron chi connectivity index (χ4n) is 2.00. The molecule has 2 aromatic carbocycles. The third-order valence-electron chi connectivity index (χ3n) is 3.36. The number of nitrogens with zero attached hydrogens (tertiary/aromatic N) is 1. The van der Waals surface area contributed by atoms with Crippen LogP contribution in [0.5, 0.6) is 0 Å². The molecule has 0 spiro atoms. The fraction of sp³-hybridized carbons (Fsp3) is 0.105. The summed E-state index contributed by atoms with van der Waals surface area (Å²) in [5.74, 6) is -1.67. The number of rotatable bonds is 5. The predicted octanol–water partition coefficient (Wildman–Crippen LogP) is 4.43. The van der Waals surface area contributed by atoms with Gasteiger partial charge in [-0.3, -0.25) is 4.79 Å². The van der Waals surface area contributed by atoms with Gasteiger partial charge in [-0.1, -0.05) is 23.7 Å². The number of benzene rings is 2. The number of nitrogens with one attached hydrogen (secondary N) is 1. The summed E-state index contributed by atoms with van der Waals surface area (Å²) in [6, 6.07) is 10.8. The molecule has 5 nitrogen and oxygen atoms in total. The number of carbonyl (C=O) groups is 2. The van der Waals surface area contributed by atoms with E-state index in [0.717, 1.165) is 18.2 Å². The van der Waals surface area contributed by atoms with Crippen LogP contribution in [0.15, 0.2) is 48.5 Å². The molecule has 0 heterocycles. The summed E-state index contributed by atoms with van der Waals surface area (Å²) in [4.78, 5) is 23.4. The number of alkyl halides is 3. The Morgan fingerprint density at radius 1 is 1.18 bits per heavy atom. The molecule has 0 saturated heterocycles. The Bertz CT molecular complexity index is 948. The third kappa shape index (κ3) is 6.14. The lowest BCUT2D eigenvalue weighted by Crippen LogP contribution is -2.20. The number of amides is 1. The second kappa shape index (κ2) is 9.06. The standard InChI is InChI=1S/C19H12ClF3N2O3/c20-15-7-6-14(19(21,22)23)9-16(15)25-17(26)11-28-18(27)8-5-12-1-3-13(10-24)4-2-12/h1-9H,11H2,(H,25,26)/b8-5+. The number of esters is 1. The Labute approximate surface area is 163 Å². The van der Waals surface area contributed by atoms with Crippen LogP contribution < -0.4 is 5.32 Å². The topological polar surface area (TPSA) is 79.2 Å². The Balaban J connectivity index is 1.90. The van der Waals surface area contributed by atoms with Gasteiger partial charge in [-0.2, -0.15) is 18.4 Å². The summed E-state index contributed by atoms with van der Waals surface area (Å²) in [6.07, 6.45) is -2.09. The van der Waals surface area contributed by atoms with Crippen molar-refractivity contribution in [3.63, 3.8) is 0 Å². The lowest BCUT2D eigenvalue weighted by atomic mass is 10.1. The molecule has 0 aliphatic carbocycles. The molecule has 0 aromatic heterocycles. The molecule has 1 amide bonds. The fourth-order valence-corrected chi connectivity index (χ4v) is 2.17. The van der Waals surface area contributed by atoms with E-state index >= 15 is 0 Å². The third-order valence-corrected chi connectivity index (χ3v) is 3.69. The molecule has 0 aliphatic rings. The number of hydrogen-bond acceptors (Lipinski definition) is 4. The van der Waals surface area contributed by atoms with E-state index < -0.39 is 30.2 Å². The van der Waals surface area contributed by atoms with Crippen molar-refractivity contribution in [1.82, 2.24) is 0 Å². The SMILES string of the molecule is N#Cc1ccc(/C=C/C(=O)OCC(=O)Nc2cc(C(F)(F)F)ccc2Cl)cc1. The molecule has 28 heavy (non-hydrogen) atoms. The molecule has 9 heteroatoms. The molecule has 2 rings (SSSR count). The minimum atomic E-state index is -4.59. The van der Waals surface area contributed by atoms with Crippen molar-refractivity contribution in [1.29, 1.82) is 5.26 Å². The van der Waals surface area contributed by atoms with E-state index in [1.165, 1.54) is 6.08 Å². The van der Waals surface area contributed by atoms with E-state index in [1.807, 2.05) is 6.07 Å². The second-order valence-electron chi connectivity index (χ2n) is 5.42. The Morgan fingerprint density at radius 2 is 1.86 bits per heavy atom. The Morgan fingerprint density at radius 3 is 2.46 bits per heavy atom. The maximum atomic E-state index is 12.7. The maximum absolute atomic E-state index is 12.7. The molecule has 0 unspecified atom stereocenters. The number of carbonyl (C=O) groups excluding carboxylic acids is 2. The Hall–Kier alpha value is -3.31. The van der Waals surface area contributed by atoms with Crippen molar-refractivity contribution >= 4 is 35.2 Å². The molecule has 0 radical (unpaired) electrons. The van der Waals surface area contributed by atoms with Crippen LogP contribution in [0.4, 0.5) is 18.9 Å². The number of hydrogen-bond donors (Lipinski definition) is 1. The molecule has 0 fully saturated rings. The molecule has 1 N–H and O–H groups in total. The zero-order chi connectivity index (χ0) is 20.7. The van der Waals surface area contributed by atoms with Crippen LogP contribution >= 0.6 is 11.6 Å². The van der Waals surface area contributed by atoms with Crippen molar-refractivity contribution in [2.24, 2.45) is 0 Å². The van der Waals surface area contributed by atoms with Crippen molar-refractivity contribution in [3.8, 4) is 6.07 Å². The maximum Gasteiger partial charge on any atom is 0.416 e. The number of nitriles is 1. The average Bonchev–Trinajstić information content (AvgIpc) is 2.66. The summed E-state index contributed by atoms with van der Waals surface area (Å²) in [5.41, 5.74) is -0.124. The predicted molar refractivity (Wildman–Crippen MR) is 96.2 cm³/mol. The summed E-state index contributed by atoms with van der Waals surface area (Å²) >= 11 is 5.77. The minimum Gasteiger partial charge on any atom is -0.452 e. The number of ether oxygens (including phenoxy) is 1. The van der Waals surface area contributed by atoms with Gasteiger partial charge in [0, 0.05) is 6.08 Å². The van der Waals surface area contributed by atoms with Gasteiger partial charge in [-0.25, -0.2) is 4.79 Å². The summed E-state index contributed by atoms with van der Waals surface area (Å²) < 4.78 is 42.9. The minimum absolute atomic E-state index is 0.0895. The number of anilines is 1. The van der Waals surface area contributed by atoms with Gasteiger partial charge in [0.2, 0.25) is 0 Å². The van der Waals surface area contributed by atoms with Gasteiger partial charge < -0.3 is 10.1 Å². The first-order valence-electron chi connectivity index (χ1n) is 7.70. The van der Waals surface area contributed by atoms with Gasteiger partial charge in [-0.15, -0.1) is 0 Å². The average molecular weight is 409 g/mol. The largest absolute Gasteiger partial charge is 0.452 e. The molecule has 0 bridgehead atoms. The van der Waals surface area contributed by atoms with Gasteiger partial charge in [-0.05, 0) is 42.0 Å². The number of halogens is 4. The van der Waals surface area contributed by atoms with Gasteiger partial charge >= 0.3 is 12.1 Å². The van der Waals surface area contributed by atoms with Crippen LogP contribution in [0.25, 0.3) is 6.08 Å². The van der Waals surface area contributed by atoms with E-state index in [4.69, 9.17) is 21.6 Å². The second-order valence-corrected chi connectivity index (χ2v) is 5.82. The van der Waals surface area contributed by atoms with E-state index in [2.05, 4.69) is 5.32 Å². The normalized spacial score (nSPS) is 11.1. The van der Waals surface area contributed by atoms with Crippen LogP contribution in [0.2, 0.25) is 5.02 Å². The highest BCUT2D eigenvalue weighted by atomic mass is 35.5. The van der Waals surface area contributed by atoms with Crippen molar-refractivity contribution in [2.75, 3.05) is 11.9 Å². The lowest BCUT2D eigenvalue weighted by Gasteiger charge is -2.11. The van der Waals surface area contributed by atoms with Crippen molar-refractivity contribution < 1.29 is 27.5 Å². The molecule has 0 saturated carbocycles.